The number of aromatic nitrogens is 5. The van der Waals surface area contributed by atoms with Crippen molar-refractivity contribution in [3.63, 3.8) is 0 Å². The van der Waals surface area contributed by atoms with Crippen molar-refractivity contribution in [1.29, 1.82) is 0 Å². The molecule has 6 nitrogen and oxygen atoms in total. The number of hydrogen-bond acceptors (Lipinski definition) is 6. The molecule has 2 rings (SSSR count). The number of nitrogens with zero attached hydrogens (tertiary/aromatic N) is 5. The number of rotatable bonds is 5. The first kappa shape index (κ1) is 13.0. The van der Waals surface area contributed by atoms with Gasteiger partial charge in [-0.25, -0.2) is 9.67 Å². The van der Waals surface area contributed by atoms with E-state index in [1.807, 2.05) is 12.3 Å². The lowest BCUT2D eigenvalue weighted by atomic mass is 10.1. The molecule has 2 aromatic rings. The van der Waals surface area contributed by atoms with Gasteiger partial charge in [-0.05, 0) is 46.7 Å². The summed E-state index contributed by atoms with van der Waals surface area (Å²) in [5.74, 6) is 0. The van der Waals surface area contributed by atoms with Crippen LogP contribution in [0.1, 0.15) is 18.9 Å². The summed E-state index contributed by atoms with van der Waals surface area (Å²) < 4.78 is 1.62. The number of nitrogens with two attached hydrogens (primary N) is 1. The summed E-state index contributed by atoms with van der Waals surface area (Å²) in [7, 11) is 1.80. The van der Waals surface area contributed by atoms with Crippen LogP contribution < -0.4 is 5.73 Å². The molecule has 2 aromatic heterocycles. The zero-order valence-corrected chi connectivity index (χ0v) is 11.3. The molecular formula is C11H16N6S. The normalized spacial score (nSPS) is 12.6. The maximum atomic E-state index is 5.91. The molecule has 0 aliphatic carbocycles. The molecule has 2 N–H and O–H groups in total. The van der Waals surface area contributed by atoms with Crippen molar-refractivity contribution in [3.05, 3.63) is 23.9 Å². The van der Waals surface area contributed by atoms with Gasteiger partial charge in [-0.2, -0.15) is 0 Å². The van der Waals surface area contributed by atoms with Crippen LogP contribution in [0.15, 0.2) is 28.5 Å². The largest absolute Gasteiger partial charge is 0.327 e. The summed E-state index contributed by atoms with van der Waals surface area (Å²) >= 11 is 1.44. The van der Waals surface area contributed by atoms with E-state index >= 15 is 0 Å². The van der Waals surface area contributed by atoms with Gasteiger partial charge in [0, 0.05) is 19.3 Å². The molecule has 0 radical (unpaired) electrons. The molecule has 0 saturated carbocycles. The van der Waals surface area contributed by atoms with Crippen molar-refractivity contribution < 1.29 is 0 Å². The summed E-state index contributed by atoms with van der Waals surface area (Å²) in [6.07, 6.45) is 3.70. The van der Waals surface area contributed by atoms with Gasteiger partial charge in [0.2, 0.25) is 5.16 Å². The first-order valence-electron chi connectivity index (χ1n) is 5.79. The van der Waals surface area contributed by atoms with Gasteiger partial charge in [-0.15, -0.1) is 5.10 Å². The molecule has 7 heteroatoms. The molecule has 2 heterocycles. The van der Waals surface area contributed by atoms with E-state index in [0.29, 0.717) is 0 Å². The Morgan fingerprint density at radius 1 is 1.44 bits per heavy atom. The van der Waals surface area contributed by atoms with Gasteiger partial charge in [0.15, 0.2) is 0 Å². The van der Waals surface area contributed by atoms with Crippen LogP contribution in [0, 0.1) is 0 Å². The molecule has 0 aliphatic rings. The van der Waals surface area contributed by atoms with Crippen LogP contribution >= 0.6 is 11.8 Å². The quantitative estimate of drug-likeness (QED) is 0.868. The summed E-state index contributed by atoms with van der Waals surface area (Å²) in [5, 5.41) is 12.9. The minimum absolute atomic E-state index is 0.202. The molecule has 0 fully saturated rings. The van der Waals surface area contributed by atoms with E-state index in [0.717, 1.165) is 28.6 Å². The topological polar surface area (TPSA) is 82.5 Å². The molecule has 1 atom stereocenters. The predicted molar refractivity (Wildman–Crippen MR) is 69.1 cm³/mol. The molecule has 0 aliphatic heterocycles. The molecule has 0 spiro atoms. The number of pyridine rings is 1. The van der Waals surface area contributed by atoms with Crippen molar-refractivity contribution >= 4 is 11.8 Å². The zero-order valence-electron chi connectivity index (χ0n) is 10.4. The first-order chi connectivity index (χ1) is 8.69. The smallest absolute Gasteiger partial charge is 0.215 e. The molecule has 0 saturated heterocycles. The molecular weight excluding hydrogens is 248 g/mol. The van der Waals surface area contributed by atoms with Gasteiger partial charge in [0.25, 0.3) is 0 Å². The monoisotopic (exact) mass is 264 g/mol. The average molecular weight is 264 g/mol. The Hall–Kier alpha value is -1.47. The SMILES string of the molecule is CCC(N)Cc1ccc(Sc2nnnn2C)nc1. The summed E-state index contributed by atoms with van der Waals surface area (Å²) in [4.78, 5) is 4.38. The molecule has 96 valence electrons. The zero-order chi connectivity index (χ0) is 13.0. The molecule has 18 heavy (non-hydrogen) atoms. The van der Waals surface area contributed by atoms with Crippen LogP contribution in [0.25, 0.3) is 0 Å². The molecule has 1 unspecified atom stereocenters. The minimum atomic E-state index is 0.202. The lowest BCUT2D eigenvalue weighted by molar-refractivity contribution is 0.644. The number of aryl methyl sites for hydroxylation is 1. The van der Waals surface area contributed by atoms with Gasteiger partial charge >= 0.3 is 0 Å². The third kappa shape index (κ3) is 3.27. The fourth-order valence-electron chi connectivity index (χ4n) is 1.44. The third-order valence-electron chi connectivity index (χ3n) is 2.60. The Kier molecular flexibility index (Phi) is 4.27. The van der Waals surface area contributed by atoms with Crippen LogP contribution in [0.2, 0.25) is 0 Å². The van der Waals surface area contributed by atoms with Crippen LogP contribution in [0.4, 0.5) is 0 Å². The maximum Gasteiger partial charge on any atom is 0.215 e. The van der Waals surface area contributed by atoms with E-state index in [4.69, 9.17) is 5.73 Å². The first-order valence-corrected chi connectivity index (χ1v) is 6.61. The second-order valence-corrected chi connectivity index (χ2v) is 5.05. The van der Waals surface area contributed by atoms with Crippen molar-refractivity contribution in [2.45, 2.75) is 36.0 Å². The highest BCUT2D eigenvalue weighted by atomic mass is 32.2. The van der Waals surface area contributed by atoms with Gasteiger partial charge < -0.3 is 5.73 Å². The Bertz CT molecular complexity index is 494. The predicted octanol–water partition coefficient (Wildman–Crippen LogP) is 1.04. The van der Waals surface area contributed by atoms with Crippen LogP contribution in [0.3, 0.4) is 0 Å². The second-order valence-electron chi connectivity index (χ2n) is 4.06. The molecule has 0 amide bonds. The van der Waals surface area contributed by atoms with Crippen molar-refractivity contribution in [2.75, 3.05) is 0 Å². The van der Waals surface area contributed by atoms with E-state index in [2.05, 4.69) is 33.5 Å². The fourth-order valence-corrected chi connectivity index (χ4v) is 2.11. The Morgan fingerprint density at radius 3 is 2.83 bits per heavy atom. The fraction of sp³-hybridized carbons (Fsp3) is 0.455. The van der Waals surface area contributed by atoms with Gasteiger partial charge in [0.05, 0.1) is 0 Å². The van der Waals surface area contributed by atoms with E-state index in [-0.39, 0.29) is 6.04 Å². The van der Waals surface area contributed by atoms with E-state index < -0.39 is 0 Å². The highest BCUT2D eigenvalue weighted by Crippen LogP contribution is 2.22. The lowest BCUT2D eigenvalue weighted by Crippen LogP contribution is -2.21. The second kappa shape index (κ2) is 5.92. The summed E-state index contributed by atoms with van der Waals surface area (Å²) in [5.41, 5.74) is 7.07. The van der Waals surface area contributed by atoms with Crippen LogP contribution in [-0.2, 0) is 13.5 Å². The molecule has 0 aromatic carbocycles. The van der Waals surface area contributed by atoms with Gasteiger partial charge in [-0.3, -0.25) is 0 Å². The van der Waals surface area contributed by atoms with Gasteiger partial charge in [-0.1, -0.05) is 13.0 Å². The van der Waals surface area contributed by atoms with E-state index in [1.165, 1.54) is 11.8 Å². The van der Waals surface area contributed by atoms with Crippen molar-refractivity contribution in [1.82, 2.24) is 25.2 Å². The minimum Gasteiger partial charge on any atom is -0.327 e. The van der Waals surface area contributed by atoms with Crippen LogP contribution in [0.5, 0.6) is 0 Å². The highest BCUT2D eigenvalue weighted by Gasteiger charge is 2.07. The van der Waals surface area contributed by atoms with Gasteiger partial charge in [0.1, 0.15) is 5.03 Å². The summed E-state index contributed by atoms with van der Waals surface area (Å²) in [6.45, 7) is 2.09. The lowest BCUT2D eigenvalue weighted by Gasteiger charge is -2.08. The Balaban J connectivity index is 2.02. The Labute approximate surface area is 110 Å². The Morgan fingerprint density at radius 2 is 2.28 bits per heavy atom. The molecule has 0 bridgehead atoms. The van der Waals surface area contributed by atoms with Crippen LogP contribution in [-0.4, -0.2) is 31.2 Å². The average Bonchev–Trinajstić information content (AvgIpc) is 2.77. The highest BCUT2D eigenvalue weighted by molar-refractivity contribution is 7.99. The van der Waals surface area contributed by atoms with Crippen molar-refractivity contribution in [3.8, 4) is 0 Å². The summed E-state index contributed by atoms with van der Waals surface area (Å²) in [6, 6.07) is 4.22. The van der Waals surface area contributed by atoms with Crippen molar-refractivity contribution in [2.24, 2.45) is 12.8 Å². The van der Waals surface area contributed by atoms with E-state index in [9.17, 15) is 0 Å². The van der Waals surface area contributed by atoms with E-state index in [1.54, 1.807) is 11.7 Å². The maximum absolute atomic E-state index is 5.91. The number of tetrazole rings is 1. The third-order valence-corrected chi connectivity index (χ3v) is 3.58. The standard InChI is InChI=1S/C11H16N6S/c1-3-9(12)6-8-4-5-10(13-7-8)18-11-14-15-16-17(11)2/h4-5,7,9H,3,6,12H2,1-2H3. The number of hydrogen-bond donors (Lipinski definition) is 1.